The molecule has 0 fully saturated rings. The highest BCUT2D eigenvalue weighted by Gasteiger charge is 2.21. The lowest BCUT2D eigenvalue weighted by atomic mass is 10.1. The summed E-state index contributed by atoms with van der Waals surface area (Å²) >= 11 is 2.31. The smallest absolute Gasteiger partial charge is 0.185 e. The molecular weight excluding hydrogens is 262 g/mol. The number of nitrogens with zero attached hydrogens (tertiary/aromatic N) is 1. The Hall–Kier alpha value is -0.470. The molecule has 1 aromatic rings. The van der Waals surface area contributed by atoms with Gasteiger partial charge in [0.1, 0.15) is 11.1 Å². The molecule has 0 aliphatic rings. The summed E-state index contributed by atoms with van der Waals surface area (Å²) in [6.07, 6.45) is -1.69. The first-order valence-electron chi connectivity index (χ1n) is 5.09. The number of aliphatic hydroxyl groups excluding tert-OH is 3. The van der Waals surface area contributed by atoms with Crippen molar-refractivity contribution in [2.24, 2.45) is 0 Å². The van der Waals surface area contributed by atoms with Crippen LogP contribution in [0.3, 0.4) is 0 Å². The van der Waals surface area contributed by atoms with Crippen LogP contribution < -0.4 is 0 Å². The Kier molecular flexibility index (Phi) is 6.07. The molecule has 1 heterocycles. The number of hydrogen-bond donors (Lipinski definition) is 3. The molecule has 0 spiro atoms. The maximum absolute atomic E-state index is 10.7. The minimum atomic E-state index is -1.06. The van der Waals surface area contributed by atoms with E-state index in [0.29, 0.717) is 22.9 Å². The highest BCUT2D eigenvalue weighted by molar-refractivity contribution is 8.13. The van der Waals surface area contributed by atoms with E-state index in [0.717, 1.165) is 11.8 Å². The van der Waals surface area contributed by atoms with E-state index in [4.69, 9.17) is 5.11 Å². The Labute approximate surface area is 108 Å². The fourth-order valence-electron chi connectivity index (χ4n) is 1.18. The third-order valence-corrected chi connectivity index (χ3v) is 3.88. The number of carbonyl (C=O) groups is 1. The summed E-state index contributed by atoms with van der Waals surface area (Å²) in [7, 11) is 0. The van der Waals surface area contributed by atoms with Gasteiger partial charge in [0.2, 0.25) is 0 Å². The molecule has 5 nitrogen and oxygen atoms in total. The van der Waals surface area contributed by atoms with Crippen LogP contribution in [0.1, 0.15) is 30.2 Å². The molecule has 3 N–H and O–H groups in total. The number of hydrogen-bond acceptors (Lipinski definition) is 7. The Morgan fingerprint density at radius 3 is 2.82 bits per heavy atom. The zero-order valence-electron chi connectivity index (χ0n) is 9.37. The van der Waals surface area contributed by atoms with E-state index in [1.165, 1.54) is 18.3 Å². The molecule has 0 saturated carbocycles. The van der Waals surface area contributed by atoms with Gasteiger partial charge in [-0.1, -0.05) is 11.8 Å². The number of rotatable bonds is 6. The molecule has 0 aromatic carbocycles. The Balaban J connectivity index is 2.45. The summed E-state index contributed by atoms with van der Waals surface area (Å²) in [5.41, 5.74) is 0.481. The van der Waals surface area contributed by atoms with Crippen LogP contribution in [0.5, 0.6) is 0 Å². The van der Waals surface area contributed by atoms with Crippen molar-refractivity contribution in [1.82, 2.24) is 4.98 Å². The van der Waals surface area contributed by atoms with Crippen molar-refractivity contribution >= 4 is 28.2 Å². The van der Waals surface area contributed by atoms with Gasteiger partial charge in [-0.05, 0) is 6.42 Å². The lowest BCUT2D eigenvalue weighted by Gasteiger charge is -2.14. The number of aliphatic hydroxyl groups is 3. The van der Waals surface area contributed by atoms with E-state index in [-0.39, 0.29) is 11.7 Å². The van der Waals surface area contributed by atoms with E-state index in [9.17, 15) is 15.0 Å². The molecule has 0 radical (unpaired) electrons. The predicted molar refractivity (Wildman–Crippen MR) is 66.8 cm³/mol. The largest absolute Gasteiger partial charge is 0.390 e. The topological polar surface area (TPSA) is 90.7 Å². The molecule has 0 aliphatic carbocycles. The molecule has 7 heteroatoms. The highest BCUT2D eigenvalue weighted by Crippen LogP contribution is 2.23. The van der Waals surface area contributed by atoms with Gasteiger partial charge in [-0.15, -0.1) is 11.3 Å². The molecule has 1 rings (SSSR count). The summed E-state index contributed by atoms with van der Waals surface area (Å²) in [6.45, 7) is 1.28. The van der Waals surface area contributed by atoms with Crippen molar-refractivity contribution in [2.45, 2.75) is 32.2 Å². The van der Waals surface area contributed by atoms with Gasteiger partial charge in [-0.25, -0.2) is 4.98 Å². The second kappa shape index (κ2) is 7.07. The van der Waals surface area contributed by atoms with Crippen LogP contribution in [0, 0.1) is 0 Å². The van der Waals surface area contributed by atoms with Gasteiger partial charge in [0.25, 0.3) is 0 Å². The molecule has 0 bridgehead atoms. The summed E-state index contributed by atoms with van der Waals surface area (Å²) < 4.78 is 0. The Morgan fingerprint density at radius 1 is 1.59 bits per heavy atom. The molecule has 0 amide bonds. The quantitative estimate of drug-likeness (QED) is 0.709. The van der Waals surface area contributed by atoms with Gasteiger partial charge >= 0.3 is 0 Å². The van der Waals surface area contributed by atoms with Crippen molar-refractivity contribution in [3.05, 3.63) is 16.1 Å². The monoisotopic (exact) mass is 277 g/mol. The minimum absolute atomic E-state index is 0.0106. The second-order valence-corrected chi connectivity index (χ2v) is 5.64. The van der Waals surface area contributed by atoms with E-state index in [1.807, 2.05) is 0 Å². The molecule has 2 unspecified atom stereocenters. The SMILES string of the molecule is CC(=O)SCCC(O)C(O)c1nc(CO)cs1. The van der Waals surface area contributed by atoms with Crippen molar-refractivity contribution in [3.8, 4) is 0 Å². The van der Waals surface area contributed by atoms with Crippen LogP contribution in [-0.2, 0) is 11.4 Å². The first kappa shape index (κ1) is 14.6. The van der Waals surface area contributed by atoms with Crippen molar-refractivity contribution in [1.29, 1.82) is 0 Å². The van der Waals surface area contributed by atoms with Crippen LogP contribution in [0.4, 0.5) is 0 Å². The van der Waals surface area contributed by atoms with Crippen LogP contribution in [0.2, 0.25) is 0 Å². The van der Waals surface area contributed by atoms with E-state index < -0.39 is 12.2 Å². The van der Waals surface area contributed by atoms with Crippen molar-refractivity contribution < 1.29 is 20.1 Å². The lowest BCUT2D eigenvalue weighted by molar-refractivity contribution is -0.109. The fourth-order valence-corrected chi connectivity index (χ4v) is 2.67. The third-order valence-electron chi connectivity index (χ3n) is 2.07. The van der Waals surface area contributed by atoms with Crippen LogP contribution in [0.15, 0.2) is 5.38 Å². The molecule has 2 atom stereocenters. The van der Waals surface area contributed by atoms with Crippen molar-refractivity contribution in [2.75, 3.05) is 5.75 Å². The standard InChI is InChI=1S/C10H15NO4S2/c1-6(13)16-3-2-8(14)9(15)10-11-7(4-12)5-17-10/h5,8-9,12,14-15H,2-4H2,1H3. The number of thiazole rings is 1. The van der Waals surface area contributed by atoms with Gasteiger partial charge in [-0.3, -0.25) is 4.79 Å². The molecule has 96 valence electrons. The van der Waals surface area contributed by atoms with E-state index in [1.54, 1.807) is 5.38 Å². The third kappa shape index (κ3) is 4.72. The summed E-state index contributed by atoms with van der Waals surface area (Å²) in [6, 6.07) is 0. The fraction of sp³-hybridized carbons (Fsp3) is 0.600. The Bertz CT molecular complexity index is 369. The maximum atomic E-state index is 10.7. The first-order chi connectivity index (χ1) is 8.04. The minimum Gasteiger partial charge on any atom is -0.390 e. The summed E-state index contributed by atoms with van der Waals surface area (Å²) in [4.78, 5) is 14.7. The molecule has 0 saturated heterocycles. The average Bonchev–Trinajstić information content (AvgIpc) is 2.75. The Morgan fingerprint density at radius 2 is 2.29 bits per heavy atom. The van der Waals surface area contributed by atoms with Crippen molar-refractivity contribution in [3.63, 3.8) is 0 Å². The number of carbonyl (C=O) groups excluding carboxylic acids is 1. The van der Waals surface area contributed by atoms with Crippen LogP contribution in [0.25, 0.3) is 0 Å². The number of aromatic nitrogens is 1. The van der Waals surface area contributed by atoms with Gasteiger partial charge < -0.3 is 15.3 Å². The first-order valence-corrected chi connectivity index (χ1v) is 6.95. The number of thioether (sulfide) groups is 1. The zero-order valence-corrected chi connectivity index (χ0v) is 11.0. The summed E-state index contributed by atoms with van der Waals surface area (Å²) in [5, 5.41) is 30.3. The van der Waals surface area contributed by atoms with Crippen LogP contribution >= 0.6 is 23.1 Å². The van der Waals surface area contributed by atoms with E-state index >= 15 is 0 Å². The maximum Gasteiger partial charge on any atom is 0.185 e. The van der Waals surface area contributed by atoms with Gasteiger partial charge in [0, 0.05) is 18.1 Å². The lowest BCUT2D eigenvalue weighted by Crippen LogP contribution is -2.19. The van der Waals surface area contributed by atoms with Crippen LogP contribution in [-0.4, -0.2) is 37.3 Å². The zero-order chi connectivity index (χ0) is 12.8. The molecule has 17 heavy (non-hydrogen) atoms. The van der Waals surface area contributed by atoms with Gasteiger partial charge in [0.05, 0.1) is 18.4 Å². The van der Waals surface area contributed by atoms with Gasteiger partial charge in [0.15, 0.2) is 5.12 Å². The molecule has 1 aromatic heterocycles. The molecular formula is C10H15NO4S2. The normalized spacial score (nSPS) is 14.6. The highest BCUT2D eigenvalue weighted by atomic mass is 32.2. The predicted octanol–water partition coefficient (Wildman–Crippen LogP) is 0.700. The molecule has 0 aliphatic heterocycles. The van der Waals surface area contributed by atoms with Gasteiger partial charge in [-0.2, -0.15) is 0 Å². The average molecular weight is 277 g/mol. The summed E-state index contributed by atoms with van der Waals surface area (Å²) in [5.74, 6) is 0.464. The second-order valence-electron chi connectivity index (χ2n) is 3.48. The van der Waals surface area contributed by atoms with E-state index in [2.05, 4.69) is 4.98 Å².